The lowest BCUT2D eigenvalue weighted by Crippen LogP contribution is -2.28. The van der Waals surface area contributed by atoms with Crippen LogP contribution in [-0.4, -0.2) is 48.4 Å². The van der Waals surface area contributed by atoms with E-state index in [1.807, 2.05) is 30.3 Å². The summed E-state index contributed by atoms with van der Waals surface area (Å²) in [6, 6.07) is 20.5. The fourth-order valence-corrected chi connectivity index (χ4v) is 4.20. The van der Waals surface area contributed by atoms with Crippen molar-refractivity contribution >= 4 is 30.6 Å². The van der Waals surface area contributed by atoms with Gasteiger partial charge in [-0.2, -0.15) is 5.10 Å². The molecule has 4 N–H and O–H groups in total. The van der Waals surface area contributed by atoms with E-state index in [0.29, 0.717) is 24.2 Å². The van der Waals surface area contributed by atoms with Gasteiger partial charge in [-0.1, -0.05) is 30.3 Å². The Morgan fingerprint density at radius 3 is 2.62 bits per heavy atom. The summed E-state index contributed by atoms with van der Waals surface area (Å²) in [5, 5.41) is 14.3. The second kappa shape index (κ2) is 12.1. The lowest BCUT2D eigenvalue weighted by atomic mass is 9.99. The summed E-state index contributed by atoms with van der Waals surface area (Å²) < 4.78 is 0. The number of fused-ring (bicyclic) bond motifs is 1. The number of rotatable bonds is 9. The maximum atomic E-state index is 12.9. The molecule has 1 aliphatic heterocycles. The summed E-state index contributed by atoms with van der Waals surface area (Å²) in [6.07, 6.45) is 2.39. The summed E-state index contributed by atoms with van der Waals surface area (Å²) in [5.74, 6) is 5.41. The number of nitrogens with two attached hydrogens (primary N) is 1. The molecule has 0 saturated heterocycles. The third-order valence-corrected chi connectivity index (χ3v) is 6.17. The minimum absolute atomic E-state index is 0.184. The number of amides is 2. The molecular formula is C28H31N7O2. The van der Waals surface area contributed by atoms with Gasteiger partial charge in [0, 0.05) is 43.2 Å². The van der Waals surface area contributed by atoms with Crippen LogP contribution >= 0.6 is 0 Å². The summed E-state index contributed by atoms with van der Waals surface area (Å²) >= 11 is 0. The lowest BCUT2D eigenvalue weighted by Gasteiger charge is -2.25. The van der Waals surface area contributed by atoms with Crippen molar-refractivity contribution in [2.45, 2.75) is 26.1 Å². The first kappa shape index (κ1) is 25.7. The van der Waals surface area contributed by atoms with Crippen molar-refractivity contribution in [3.63, 3.8) is 0 Å². The quantitative estimate of drug-likeness (QED) is 0.182. The molecule has 3 aromatic rings. The van der Waals surface area contributed by atoms with E-state index in [0.717, 1.165) is 36.3 Å². The molecule has 0 radical (unpaired) electrons. The molecule has 4 rings (SSSR count). The van der Waals surface area contributed by atoms with Crippen LogP contribution in [0.15, 0.2) is 76.9 Å². The first-order valence-electron chi connectivity index (χ1n) is 12.0. The number of likely N-dealkylation sites (N-methyl/N-ethyl adjacent to an activating group) is 1. The van der Waals surface area contributed by atoms with Crippen molar-refractivity contribution < 1.29 is 9.59 Å². The van der Waals surface area contributed by atoms with Gasteiger partial charge in [0.05, 0.1) is 6.54 Å². The molecule has 9 nitrogen and oxygen atoms in total. The zero-order valence-corrected chi connectivity index (χ0v) is 20.9. The van der Waals surface area contributed by atoms with Gasteiger partial charge in [-0.3, -0.25) is 14.6 Å². The standard InChI is InChI=1S/C28H31N7O2/c1-30-32-19-35(29)17-20-6-8-23(9-7-20)27(36)31-16-21-4-3-5-24(14-21)28(37)33-26-11-10-22-12-13-34(2)18-25(22)15-26/h3-11,14-15,19H,1,12-13,16-18,29H2,2H3,(H,31,36)(H,33,37)/b32-19-. The van der Waals surface area contributed by atoms with E-state index in [4.69, 9.17) is 5.84 Å². The smallest absolute Gasteiger partial charge is 0.255 e. The van der Waals surface area contributed by atoms with Crippen LogP contribution in [0.1, 0.15) is 43.0 Å². The van der Waals surface area contributed by atoms with E-state index in [1.165, 1.54) is 22.5 Å². The first-order valence-corrected chi connectivity index (χ1v) is 12.0. The molecule has 0 aliphatic carbocycles. The van der Waals surface area contributed by atoms with E-state index in [9.17, 15) is 9.59 Å². The number of hydrazine groups is 1. The van der Waals surface area contributed by atoms with Crippen LogP contribution < -0.4 is 16.5 Å². The van der Waals surface area contributed by atoms with Crippen LogP contribution in [0.2, 0.25) is 0 Å². The van der Waals surface area contributed by atoms with Crippen molar-refractivity contribution in [1.29, 1.82) is 0 Å². The summed E-state index contributed by atoms with van der Waals surface area (Å²) in [4.78, 5) is 27.8. The minimum atomic E-state index is -0.206. The lowest BCUT2D eigenvalue weighted by molar-refractivity contribution is 0.0950. The van der Waals surface area contributed by atoms with Gasteiger partial charge in [0.15, 0.2) is 0 Å². The zero-order chi connectivity index (χ0) is 26.2. The third kappa shape index (κ3) is 7.09. The van der Waals surface area contributed by atoms with Gasteiger partial charge < -0.3 is 15.5 Å². The number of carbonyl (C=O) groups excluding carboxylic acids is 2. The second-order valence-electron chi connectivity index (χ2n) is 9.05. The molecule has 190 valence electrons. The molecule has 0 fully saturated rings. The number of nitrogens with zero attached hydrogens (tertiary/aromatic N) is 4. The minimum Gasteiger partial charge on any atom is -0.348 e. The molecule has 2 amide bonds. The Labute approximate surface area is 216 Å². The Bertz CT molecular complexity index is 1300. The number of hydrogen-bond donors (Lipinski definition) is 3. The Hall–Kier alpha value is -4.34. The van der Waals surface area contributed by atoms with Gasteiger partial charge in [0.2, 0.25) is 0 Å². The van der Waals surface area contributed by atoms with Gasteiger partial charge in [0.25, 0.3) is 11.8 Å². The first-order chi connectivity index (χ1) is 17.9. The van der Waals surface area contributed by atoms with Crippen molar-refractivity contribution in [3.05, 3.63) is 100 Å². The van der Waals surface area contributed by atoms with Crippen LogP contribution in [0.5, 0.6) is 0 Å². The maximum Gasteiger partial charge on any atom is 0.255 e. The molecule has 0 saturated carbocycles. The molecule has 0 unspecified atom stereocenters. The number of carbonyl (C=O) groups is 2. The van der Waals surface area contributed by atoms with Gasteiger partial charge >= 0.3 is 0 Å². The van der Waals surface area contributed by atoms with E-state index in [-0.39, 0.29) is 11.8 Å². The SMILES string of the molecule is C=N/N=C\N(N)Cc1ccc(C(=O)NCc2cccc(C(=O)Nc3ccc4c(c3)CN(C)CC4)c2)cc1. The normalized spacial score (nSPS) is 13.1. The van der Waals surface area contributed by atoms with E-state index in [1.54, 1.807) is 24.3 Å². The highest BCUT2D eigenvalue weighted by Gasteiger charge is 2.15. The van der Waals surface area contributed by atoms with Crippen LogP contribution in [0.3, 0.4) is 0 Å². The Morgan fingerprint density at radius 2 is 1.84 bits per heavy atom. The van der Waals surface area contributed by atoms with Crippen LogP contribution in [-0.2, 0) is 26.1 Å². The molecule has 0 aromatic heterocycles. The van der Waals surface area contributed by atoms with Crippen molar-refractivity contribution in [3.8, 4) is 0 Å². The maximum absolute atomic E-state index is 12.9. The molecule has 0 atom stereocenters. The molecule has 37 heavy (non-hydrogen) atoms. The Kier molecular flexibility index (Phi) is 8.40. The van der Waals surface area contributed by atoms with Gasteiger partial charge in [0.1, 0.15) is 6.34 Å². The summed E-state index contributed by atoms with van der Waals surface area (Å²) in [7, 11) is 2.10. The van der Waals surface area contributed by atoms with Crippen LogP contribution in [0, 0.1) is 0 Å². The largest absolute Gasteiger partial charge is 0.348 e. The van der Waals surface area contributed by atoms with Gasteiger partial charge in [-0.05, 0) is 72.1 Å². The van der Waals surface area contributed by atoms with Crippen molar-refractivity contribution in [1.82, 2.24) is 15.2 Å². The van der Waals surface area contributed by atoms with E-state index < -0.39 is 0 Å². The van der Waals surface area contributed by atoms with Crippen molar-refractivity contribution in [2.24, 2.45) is 16.0 Å². The molecule has 1 heterocycles. The predicted molar refractivity (Wildman–Crippen MR) is 146 cm³/mol. The highest BCUT2D eigenvalue weighted by molar-refractivity contribution is 6.04. The summed E-state index contributed by atoms with van der Waals surface area (Å²) in [6.45, 7) is 5.90. The number of hydrogen-bond acceptors (Lipinski definition) is 6. The Morgan fingerprint density at radius 1 is 1.03 bits per heavy atom. The highest BCUT2D eigenvalue weighted by Crippen LogP contribution is 2.22. The predicted octanol–water partition coefficient (Wildman–Crippen LogP) is 3.18. The molecular weight excluding hydrogens is 466 g/mol. The molecule has 9 heteroatoms. The summed E-state index contributed by atoms with van der Waals surface area (Å²) in [5.41, 5.74) is 6.17. The Balaban J connectivity index is 1.32. The molecule has 3 aromatic carbocycles. The van der Waals surface area contributed by atoms with Crippen molar-refractivity contribution in [2.75, 3.05) is 18.9 Å². The zero-order valence-electron chi connectivity index (χ0n) is 20.9. The monoisotopic (exact) mass is 497 g/mol. The number of anilines is 1. The van der Waals surface area contributed by atoms with E-state index >= 15 is 0 Å². The number of nitrogens with one attached hydrogen (secondary N) is 2. The average molecular weight is 498 g/mol. The fourth-order valence-electron chi connectivity index (χ4n) is 4.20. The average Bonchev–Trinajstić information content (AvgIpc) is 2.91. The van der Waals surface area contributed by atoms with Gasteiger partial charge in [-0.25, -0.2) is 5.84 Å². The third-order valence-electron chi connectivity index (χ3n) is 6.17. The molecule has 1 aliphatic rings. The highest BCUT2D eigenvalue weighted by atomic mass is 16.2. The van der Waals surface area contributed by atoms with Crippen LogP contribution in [0.25, 0.3) is 0 Å². The molecule has 0 spiro atoms. The van der Waals surface area contributed by atoms with Gasteiger partial charge in [-0.15, -0.1) is 5.10 Å². The van der Waals surface area contributed by atoms with E-state index in [2.05, 4.69) is 51.6 Å². The topological polar surface area (TPSA) is 115 Å². The molecule has 0 bridgehead atoms. The second-order valence-corrected chi connectivity index (χ2v) is 9.05. The van der Waals surface area contributed by atoms with Crippen LogP contribution in [0.4, 0.5) is 5.69 Å². The number of benzene rings is 3. The fraction of sp³-hybridized carbons (Fsp3) is 0.214.